The zero-order valence-electron chi connectivity index (χ0n) is 6.95. The molecule has 0 aliphatic carbocycles. The molecule has 1 aromatic rings. The van der Waals surface area contributed by atoms with Crippen molar-refractivity contribution in [3.8, 4) is 5.75 Å². The van der Waals surface area contributed by atoms with Crippen LogP contribution in [0.5, 0.6) is 5.75 Å². The fourth-order valence-corrected chi connectivity index (χ4v) is 1.12. The summed E-state index contributed by atoms with van der Waals surface area (Å²) in [6.07, 6.45) is -4.82. The lowest BCUT2D eigenvalue weighted by Crippen LogP contribution is -2.10. The number of hydrogen-bond donors (Lipinski definition) is 0. The van der Waals surface area contributed by atoms with Crippen LogP contribution in [0.3, 0.4) is 0 Å². The third-order valence-electron chi connectivity index (χ3n) is 1.56. The van der Waals surface area contributed by atoms with Crippen LogP contribution < -0.4 is 4.74 Å². The number of rotatable bonds is 1. The van der Waals surface area contributed by atoms with Crippen LogP contribution in [0.2, 0.25) is 5.02 Å². The first kappa shape index (κ1) is 11.1. The predicted octanol–water partition coefficient (Wildman–Crippen LogP) is 3.51. The van der Waals surface area contributed by atoms with Crippen molar-refractivity contribution in [1.29, 1.82) is 0 Å². The molecule has 0 heterocycles. The Morgan fingerprint density at radius 1 is 1.29 bits per heavy atom. The standard InChI is InChI=1S/C8H5ClF4O/c1-14-5-3-2-4(9)7(10)6(5)8(11,12)13/h2-3H,1H3. The molecule has 0 spiro atoms. The molecule has 0 unspecified atom stereocenters. The third-order valence-corrected chi connectivity index (χ3v) is 1.85. The number of alkyl halides is 3. The van der Waals surface area contributed by atoms with Crippen molar-refractivity contribution in [2.75, 3.05) is 7.11 Å². The molecule has 1 aromatic carbocycles. The minimum atomic E-state index is -4.82. The Labute approximate surface area is 82.2 Å². The summed E-state index contributed by atoms with van der Waals surface area (Å²) in [6.45, 7) is 0. The van der Waals surface area contributed by atoms with Gasteiger partial charge in [0.05, 0.1) is 12.1 Å². The van der Waals surface area contributed by atoms with Gasteiger partial charge in [0.15, 0.2) is 5.82 Å². The highest BCUT2D eigenvalue weighted by Crippen LogP contribution is 2.40. The molecule has 0 fully saturated rings. The van der Waals surface area contributed by atoms with Gasteiger partial charge in [-0.15, -0.1) is 0 Å². The molecule has 1 nitrogen and oxygen atoms in total. The predicted molar refractivity (Wildman–Crippen MR) is 43.0 cm³/mol. The normalized spacial score (nSPS) is 11.6. The van der Waals surface area contributed by atoms with E-state index in [9.17, 15) is 17.6 Å². The van der Waals surface area contributed by atoms with Gasteiger partial charge in [0.25, 0.3) is 0 Å². The van der Waals surface area contributed by atoms with Crippen molar-refractivity contribution in [2.45, 2.75) is 6.18 Å². The van der Waals surface area contributed by atoms with E-state index >= 15 is 0 Å². The number of ether oxygens (including phenoxy) is 1. The first-order valence-electron chi connectivity index (χ1n) is 3.47. The molecule has 0 saturated carbocycles. The van der Waals surface area contributed by atoms with Crippen LogP contribution in [-0.2, 0) is 6.18 Å². The van der Waals surface area contributed by atoms with Crippen molar-refractivity contribution >= 4 is 11.6 Å². The molecule has 0 aromatic heterocycles. The van der Waals surface area contributed by atoms with Gasteiger partial charge >= 0.3 is 6.18 Å². The van der Waals surface area contributed by atoms with E-state index < -0.39 is 28.3 Å². The zero-order chi connectivity index (χ0) is 10.9. The van der Waals surface area contributed by atoms with Gasteiger partial charge in [0, 0.05) is 0 Å². The first-order valence-corrected chi connectivity index (χ1v) is 3.85. The Balaban J connectivity index is 3.44. The molecule has 1 rings (SSSR count). The van der Waals surface area contributed by atoms with E-state index in [-0.39, 0.29) is 0 Å². The molecule has 0 atom stereocenters. The average molecular weight is 229 g/mol. The Hall–Kier alpha value is -0.970. The molecule has 78 valence electrons. The highest BCUT2D eigenvalue weighted by molar-refractivity contribution is 6.30. The fourth-order valence-electron chi connectivity index (χ4n) is 0.967. The van der Waals surface area contributed by atoms with Crippen LogP contribution >= 0.6 is 11.6 Å². The van der Waals surface area contributed by atoms with Crippen LogP contribution in [0.1, 0.15) is 5.56 Å². The SMILES string of the molecule is COc1ccc(Cl)c(F)c1C(F)(F)F. The fraction of sp³-hybridized carbons (Fsp3) is 0.250. The summed E-state index contributed by atoms with van der Waals surface area (Å²) in [4.78, 5) is 0. The van der Waals surface area contributed by atoms with Gasteiger partial charge in [0.2, 0.25) is 0 Å². The number of halogens is 5. The van der Waals surface area contributed by atoms with Crippen LogP contribution in [0.4, 0.5) is 17.6 Å². The summed E-state index contributed by atoms with van der Waals surface area (Å²) in [5, 5.41) is -0.585. The summed E-state index contributed by atoms with van der Waals surface area (Å²) < 4.78 is 54.3. The molecule has 0 amide bonds. The van der Waals surface area contributed by atoms with Crippen LogP contribution in [-0.4, -0.2) is 7.11 Å². The van der Waals surface area contributed by atoms with Crippen molar-refractivity contribution in [3.05, 3.63) is 28.5 Å². The summed E-state index contributed by atoms with van der Waals surface area (Å²) in [5.74, 6) is -2.10. The van der Waals surface area contributed by atoms with E-state index in [4.69, 9.17) is 11.6 Å². The van der Waals surface area contributed by atoms with Gasteiger partial charge in [-0.05, 0) is 12.1 Å². The third kappa shape index (κ3) is 1.92. The first-order chi connectivity index (χ1) is 6.38. The second kappa shape index (κ2) is 3.65. The largest absolute Gasteiger partial charge is 0.496 e. The summed E-state index contributed by atoms with van der Waals surface area (Å²) in [5.41, 5.74) is -1.48. The Kier molecular flexibility index (Phi) is 2.89. The molecule has 0 aliphatic heterocycles. The topological polar surface area (TPSA) is 9.23 Å². The molecule has 0 aliphatic rings. The zero-order valence-corrected chi connectivity index (χ0v) is 7.71. The van der Waals surface area contributed by atoms with Crippen LogP contribution in [0, 0.1) is 5.82 Å². The van der Waals surface area contributed by atoms with Gasteiger partial charge in [-0.3, -0.25) is 0 Å². The molecule has 0 bridgehead atoms. The highest BCUT2D eigenvalue weighted by Gasteiger charge is 2.38. The van der Waals surface area contributed by atoms with E-state index in [2.05, 4.69) is 4.74 Å². The van der Waals surface area contributed by atoms with E-state index in [0.717, 1.165) is 19.2 Å². The van der Waals surface area contributed by atoms with Gasteiger partial charge in [-0.2, -0.15) is 13.2 Å². The number of methoxy groups -OCH3 is 1. The van der Waals surface area contributed by atoms with E-state index in [1.54, 1.807) is 0 Å². The van der Waals surface area contributed by atoms with Gasteiger partial charge < -0.3 is 4.74 Å². The molecule has 0 saturated heterocycles. The quantitative estimate of drug-likeness (QED) is 0.669. The smallest absolute Gasteiger partial charge is 0.422 e. The maximum Gasteiger partial charge on any atom is 0.422 e. The van der Waals surface area contributed by atoms with Crippen molar-refractivity contribution in [2.24, 2.45) is 0 Å². The second-order valence-corrected chi connectivity index (χ2v) is 2.84. The Morgan fingerprint density at radius 3 is 2.29 bits per heavy atom. The molecular formula is C8H5ClF4O. The van der Waals surface area contributed by atoms with Gasteiger partial charge in [-0.25, -0.2) is 4.39 Å². The van der Waals surface area contributed by atoms with Crippen molar-refractivity contribution < 1.29 is 22.3 Å². The molecule has 0 N–H and O–H groups in total. The number of benzene rings is 1. The van der Waals surface area contributed by atoms with Crippen LogP contribution in [0.25, 0.3) is 0 Å². The lowest BCUT2D eigenvalue weighted by molar-refractivity contribution is -0.141. The summed E-state index contributed by atoms with van der Waals surface area (Å²) >= 11 is 5.22. The number of hydrogen-bond acceptors (Lipinski definition) is 1. The monoisotopic (exact) mass is 228 g/mol. The molecule has 0 radical (unpaired) electrons. The van der Waals surface area contributed by atoms with E-state index in [1.807, 2.05) is 0 Å². The lowest BCUT2D eigenvalue weighted by Gasteiger charge is -2.12. The van der Waals surface area contributed by atoms with E-state index in [1.165, 1.54) is 0 Å². The average Bonchev–Trinajstić information content (AvgIpc) is 2.07. The summed E-state index contributed by atoms with van der Waals surface area (Å²) in [6, 6.07) is 1.97. The van der Waals surface area contributed by atoms with Gasteiger partial charge in [0.1, 0.15) is 11.3 Å². The van der Waals surface area contributed by atoms with Crippen LogP contribution in [0.15, 0.2) is 12.1 Å². The molecule has 6 heteroatoms. The van der Waals surface area contributed by atoms with Crippen molar-refractivity contribution in [3.63, 3.8) is 0 Å². The highest BCUT2D eigenvalue weighted by atomic mass is 35.5. The van der Waals surface area contributed by atoms with Gasteiger partial charge in [-0.1, -0.05) is 11.6 Å². The minimum absolute atomic E-state index is 0.584. The minimum Gasteiger partial charge on any atom is -0.496 e. The second-order valence-electron chi connectivity index (χ2n) is 2.44. The Morgan fingerprint density at radius 2 is 1.86 bits per heavy atom. The summed E-state index contributed by atoms with van der Waals surface area (Å²) in [7, 11) is 1.03. The maximum absolute atomic E-state index is 13.0. The van der Waals surface area contributed by atoms with E-state index in [0.29, 0.717) is 0 Å². The Bertz CT molecular complexity index is 348. The maximum atomic E-state index is 13.0. The van der Waals surface area contributed by atoms with Crippen molar-refractivity contribution in [1.82, 2.24) is 0 Å². The lowest BCUT2D eigenvalue weighted by atomic mass is 10.2. The molecular weight excluding hydrogens is 224 g/mol. The molecule has 14 heavy (non-hydrogen) atoms.